The van der Waals surface area contributed by atoms with E-state index in [4.69, 9.17) is 11.2 Å². The van der Waals surface area contributed by atoms with E-state index in [1.54, 1.807) is 13.0 Å². The van der Waals surface area contributed by atoms with Crippen molar-refractivity contribution in [2.45, 2.75) is 34.0 Å². The predicted molar refractivity (Wildman–Crippen MR) is 77.1 cm³/mol. The molecule has 0 saturated heterocycles. The molecule has 1 aromatic rings. The average molecular weight is 289 g/mol. The summed E-state index contributed by atoms with van der Waals surface area (Å²) in [5.41, 5.74) is -0.517. The van der Waals surface area contributed by atoms with Crippen LogP contribution in [0, 0.1) is 36.5 Å². The molecule has 2 atom stereocenters. The molecule has 0 amide bonds. The Hall–Kier alpha value is -2.29. The molecule has 1 aromatic heterocycles. The molecule has 112 valence electrons. The zero-order chi connectivity index (χ0) is 15.8. The van der Waals surface area contributed by atoms with E-state index in [2.05, 4.69) is 17.6 Å². The molecule has 1 saturated carbocycles. The molecule has 0 unspecified atom stereocenters. The highest BCUT2D eigenvalue weighted by Gasteiger charge is 2.61. The summed E-state index contributed by atoms with van der Waals surface area (Å²) in [6.07, 6.45) is 6.96. The van der Waals surface area contributed by atoms with Gasteiger partial charge < -0.3 is 4.74 Å². The van der Waals surface area contributed by atoms with Crippen molar-refractivity contribution < 1.29 is 9.53 Å². The molecule has 0 spiro atoms. The molecule has 21 heavy (non-hydrogen) atoms. The zero-order valence-corrected chi connectivity index (χ0v) is 12.5. The Bertz CT molecular complexity index is 675. The molecular formula is C15H19N3O3. The maximum Gasteiger partial charge on any atom is 0.349 e. The molecule has 1 fully saturated rings. The van der Waals surface area contributed by atoms with Gasteiger partial charge in [0.15, 0.2) is 6.73 Å². The van der Waals surface area contributed by atoms with Crippen LogP contribution in [0.3, 0.4) is 0 Å². The Kier molecular flexibility index (Phi) is 3.77. The second-order valence-corrected chi connectivity index (χ2v) is 5.77. The minimum absolute atomic E-state index is 0.113. The smallest absolute Gasteiger partial charge is 0.349 e. The Morgan fingerprint density at radius 2 is 2.29 bits per heavy atom. The van der Waals surface area contributed by atoms with Crippen LogP contribution in [0.2, 0.25) is 0 Å². The minimum Gasteiger partial charge on any atom is -0.442 e. The predicted octanol–water partition coefficient (Wildman–Crippen LogP) is 0.945. The van der Waals surface area contributed by atoms with Crippen molar-refractivity contribution in [3.63, 3.8) is 0 Å². The summed E-state index contributed by atoms with van der Waals surface area (Å²) in [5, 5.41) is 4.03. The third-order valence-corrected chi connectivity index (χ3v) is 4.10. The highest BCUT2D eigenvalue weighted by molar-refractivity contribution is 5.78. The molecule has 6 heteroatoms. The fourth-order valence-corrected chi connectivity index (χ4v) is 2.69. The van der Waals surface area contributed by atoms with Gasteiger partial charge in [-0.15, -0.1) is 13.0 Å². The fourth-order valence-electron chi connectivity index (χ4n) is 2.69. The van der Waals surface area contributed by atoms with Gasteiger partial charge in [0.05, 0.1) is 12.5 Å². The second-order valence-electron chi connectivity index (χ2n) is 5.77. The minimum atomic E-state index is -0.381. The number of hydrogen-bond donors (Lipinski definition) is 0. The summed E-state index contributed by atoms with van der Waals surface area (Å²) in [4.78, 5) is 24.0. The number of hydrogen-bond acceptors (Lipinski definition) is 4. The normalized spacial score (nSPS) is 22.4. The average Bonchev–Trinajstić information content (AvgIpc) is 2.89. The van der Waals surface area contributed by atoms with Crippen LogP contribution in [0.1, 0.15) is 19.7 Å². The zero-order valence-electron chi connectivity index (χ0n) is 12.5. The lowest BCUT2D eigenvalue weighted by Crippen LogP contribution is -2.27. The highest BCUT2D eigenvalue weighted by Crippen LogP contribution is 2.59. The monoisotopic (exact) mass is 289 g/mol. The van der Waals surface area contributed by atoms with E-state index >= 15 is 0 Å². The number of carbonyl (C=O) groups excluding carboxylic acids is 1. The first kappa shape index (κ1) is 15.1. The number of aromatic nitrogens is 3. The third-order valence-electron chi connectivity index (χ3n) is 4.10. The number of nitrogens with zero attached hydrogens (tertiary/aromatic N) is 3. The van der Waals surface area contributed by atoms with Crippen molar-refractivity contribution >= 4 is 5.97 Å². The van der Waals surface area contributed by atoms with Gasteiger partial charge in [-0.05, 0) is 18.3 Å². The summed E-state index contributed by atoms with van der Waals surface area (Å²) in [6.45, 7) is 9.32. The summed E-state index contributed by atoms with van der Waals surface area (Å²) >= 11 is 0. The first-order valence-electron chi connectivity index (χ1n) is 6.71. The van der Waals surface area contributed by atoms with E-state index in [0.717, 1.165) is 4.68 Å². The molecular weight excluding hydrogens is 270 g/mol. The Labute approximate surface area is 123 Å². The van der Waals surface area contributed by atoms with Gasteiger partial charge in [0.2, 0.25) is 0 Å². The number of rotatable bonds is 5. The Morgan fingerprint density at radius 1 is 1.62 bits per heavy atom. The molecule has 1 aliphatic carbocycles. The topological polar surface area (TPSA) is 66.1 Å². The number of carbonyl (C=O) groups is 1. The van der Waals surface area contributed by atoms with Gasteiger partial charge in [0.25, 0.3) is 0 Å². The van der Waals surface area contributed by atoms with Crippen molar-refractivity contribution in [1.82, 2.24) is 14.3 Å². The van der Waals surface area contributed by atoms with Crippen LogP contribution in [0.15, 0.2) is 17.4 Å². The maximum atomic E-state index is 12.0. The summed E-state index contributed by atoms with van der Waals surface area (Å²) in [7, 11) is 0. The standard InChI is InChI=1S/C15H19N3O3/c1-6-8-17-10(3)16-18(14(17)20)9-21-13(19)12-11(7-2)15(12,4)5/h1,7,11-12H,2,8-9H2,3-5H3/t11-,12+/m1/s1. The summed E-state index contributed by atoms with van der Waals surface area (Å²) < 4.78 is 7.64. The number of allylic oxidation sites excluding steroid dienone is 1. The third kappa shape index (κ3) is 2.51. The number of ether oxygens (including phenoxy) is 1. The largest absolute Gasteiger partial charge is 0.442 e. The lowest BCUT2D eigenvalue weighted by atomic mass is 10.1. The first-order chi connectivity index (χ1) is 9.84. The van der Waals surface area contributed by atoms with Crippen LogP contribution >= 0.6 is 0 Å². The molecule has 0 aromatic carbocycles. The number of terminal acetylenes is 1. The first-order valence-corrected chi connectivity index (χ1v) is 6.71. The van der Waals surface area contributed by atoms with Gasteiger partial charge in [-0.2, -0.15) is 9.78 Å². The van der Waals surface area contributed by atoms with E-state index in [9.17, 15) is 9.59 Å². The summed E-state index contributed by atoms with van der Waals surface area (Å²) in [5.74, 6) is 2.45. The van der Waals surface area contributed by atoms with Gasteiger partial charge in [0.1, 0.15) is 5.82 Å². The van der Waals surface area contributed by atoms with Crippen molar-refractivity contribution in [3.8, 4) is 12.3 Å². The number of esters is 1. The van der Waals surface area contributed by atoms with Crippen molar-refractivity contribution in [2.24, 2.45) is 17.3 Å². The van der Waals surface area contributed by atoms with Crippen molar-refractivity contribution in [2.75, 3.05) is 0 Å². The van der Waals surface area contributed by atoms with Crippen LogP contribution < -0.4 is 5.69 Å². The SMILES string of the molecule is C#CCn1c(C)nn(COC(=O)[C@@H]2[C@@H](C=C)C2(C)C)c1=O. The molecule has 0 bridgehead atoms. The van der Waals surface area contributed by atoms with E-state index in [-0.39, 0.29) is 42.2 Å². The fraction of sp³-hybridized carbons (Fsp3) is 0.533. The molecule has 6 nitrogen and oxygen atoms in total. The molecule has 1 heterocycles. The van der Waals surface area contributed by atoms with Crippen LogP contribution in [-0.4, -0.2) is 20.3 Å². The van der Waals surface area contributed by atoms with E-state index in [0.29, 0.717) is 5.82 Å². The molecule has 0 aliphatic heterocycles. The second kappa shape index (κ2) is 5.24. The quantitative estimate of drug-likeness (QED) is 0.460. The van der Waals surface area contributed by atoms with Crippen molar-refractivity contribution in [3.05, 3.63) is 29.0 Å². The van der Waals surface area contributed by atoms with E-state index < -0.39 is 0 Å². The van der Waals surface area contributed by atoms with Crippen LogP contribution in [0.25, 0.3) is 0 Å². The van der Waals surface area contributed by atoms with E-state index in [1.807, 2.05) is 13.8 Å². The molecule has 0 radical (unpaired) electrons. The number of aryl methyl sites for hydroxylation is 1. The van der Waals surface area contributed by atoms with Gasteiger partial charge in [-0.1, -0.05) is 25.8 Å². The molecule has 2 rings (SSSR count). The van der Waals surface area contributed by atoms with Gasteiger partial charge in [0, 0.05) is 0 Å². The van der Waals surface area contributed by atoms with Gasteiger partial charge in [-0.25, -0.2) is 4.79 Å². The van der Waals surface area contributed by atoms with Crippen molar-refractivity contribution in [1.29, 1.82) is 0 Å². The highest BCUT2D eigenvalue weighted by atomic mass is 16.5. The van der Waals surface area contributed by atoms with Crippen LogP contribution in [0.5, 0.6) is 0 Å². The lowest BCUT2D eigenvalue weighted by molar-refractivity contribution is -0.150. The van der Waals surface area contributed by atoms with E-state index in [1.165, 1.54) is 4.57 Å². The molecule has 1 aliphatic rings. The summed E-state index contributed by atoms with van der Waals surface area (Å²) in [6, 6.07) is 0. The maximum absolute atomic E-state index is 12.0. The Balaban J connectivity index is 2.04. The molecule has 0 N–H and O–H groups in total. The lowest BCUT2D eigenvalue weighted by Gasteiger charge is -2.04. The van der Waals surface area contributed by atoms with Gasteiger partial charge >= 0.3 is 11.7 Å². The van der Waals surface area contributed by atoms with Crippen LogP contribution in [0.4, 0.5) is 0 Å². The van der Waals surface area contributed by atoms with Gasteiger partial charge in [-0.3, -0.25) is 9.36 Å². The van der Waals surface area contributed by atoms with Crippen LogP contribution in [-0.2, 0) is 22.8 Å². The Morgan fingerprint density at radius 3 is 2.81 bits per heavy atom.